The third-order valence-electron chi connectivity index (χ3n) is 5.66. The predicted molar refractivity (Wildman–Crippen MR) is 123 cm³/mol. The number of hydrogen-bond donors (Lipinski definition) is 2. The molecule has 2 N–H and O–H groups in total. The summed E-state index contributed by atoms with van der Waals surface area (Å²) in [5.74, 6) is 0.586. The molecule has 0 radical (unpaired) electrons. The zero-order chi connectivity index (χ0) is 22.5. The second-order valence-electron chi connectivity index (χ2n) is 7.79. The fourth-order valence-electron chi connectivity index (χ4n) is 3.89. The highest BCUT2D eigenvalue weighted by Gasteiger charge is 2.25. The van der Waals surface area contributed by atoms with E-state index in [-0.39, 0.29) is 17.9 Å². The van der Waals surface area contributed by atoms with Crippen LogP contribution >= 0.6 is 11.6 Å². The zero-order valence-electron chi connectivity index (χ0n) is 17.8. The molecule has 0 atom stereocenters. The highest BCUT2D eigenvalue weighted by Crippen LogP contribution is 2.22. The van der Waals surface area contributed by atoms with E-state index in [2.05, 4.69) is 15.5 Å². The summed E-state index contributed by atoms with van der Waals surface area (Å²) in [6.45, 7) is 1.21. The number of halogens is 1. The first kappa shape index (κ1) is 21.9. The van der Waals surface area contributed by atoms with Gasteiger partial charge < -0.3 is 15.0 Å². The summed E-state index contributed by atoms with van der Waals surface area (Å²) in [7, 11) is 1.61. The molecule has 1 aromatic heterocycles. The molecule has 7 nitrogen and oxygen atoms in total. The lowest BCUT2D eigenvalue weighted by atomic mass is 10.0. The number of H-pyrrole nitrogens is 1. The molecule has 4 rings (SSSR count). The van der Waals surface area contributed by atoms with E-state index in [1.165, 1.54) is 0 Å². The molecule has 2 amide bonds. The van der Waals surface area contributed by atoms with Crippen LogP contribution in [-0.2, 0) is 11.2 Å². The van der Waals surface area contributed by atoms with Gasteiger partial charge in [0.05, 0.1) is 19.2 Å². The molecule has 0 aliphatic carbocycles. The van der Waals surface area contributed by atoms with Gasteiger partial charge in [0, 0.05) is 35.3 Å². The van der Waals surface area contributed by atoms with Gasteiger partial charge in [-0.25, -0.2) is 0 Å². The summed E-state index contributed by atoms with van der Waals surface area (Å²) in [6.07, 6.45) is 1.72. The number of methoxy groups -OCH3 is 1. The van der Waals surface area contributed by atoms with Gasteiger partial charge in [-0.1, -0.05) is 41.9 Å². The largest absolute Gasteiger partial charge is 0.496 e. The molecule has 1 fully saturated rings. The molecule has 0 saturated carbocycles. The van der Waals surface area contributed by atoms with Crippen LogP contribution in [-0.4, -0.2) is 53.2 Å². The number of para-hydroxylation sites is 1. The summed E-state index contributed by atoms with van der Waals surface area (Å²) in [6, 6.07) is 16.6. The number of aromatic nitrogens is 2. The number of rotatable bonds is 6. The Balaban J connectivity index is 1.29. The molecule has 32 heavy (non-hydrogen) atoms. The summed E-state index contributed by atoms with van der Waals surface area (Å²) in [5, 5.41) is 10.7. The number of likely N-dealkylation sites (tertiary alicyclic amines) is 1. The lowest BCUT2D eigenvalue weighted by Gasteiger charge is -2.32. The number of aromatic amines is 1. The molecule has 2 heterocycles. The van der Waals surface area contributed by atoms with Crippen LogP contribution in [0.1, 0.15) is 28.9 Å². The fraction of sp³-hybridized carbons (Fsp3) is 0.292. The van der Waals surface area contributed by atoms with E-state index >= 15 is 0 Å². The van der Waals surface area contributed by atoms with Crippen molar-refractivity contribution in [1.29, 1.82) is 0 Å². The van der Waals surface area contributed by atoms with Crippen molar-refractivity contribution in [3.8, 4) is 17.0 Å². The van der Waals surface area contributed by atoms with Crippen LogP contribution in [0.4, 0.5) is 0 Å². The van der Waals surface area contributed by atoms with Gasteiger partial charge in [0.1, 0.15) is 11.4 Å². The van der Waals surface area contributed by atoms with Crippen LogP contribution < -0.4 is 10.1 Å². The second kappa shape index (κ2) is 9.87. The maximum Gasteiger partial charge on any atom is 0.269 e. The number of amides is 2. The van der Waals surface area contributed by atoms with E-state index in [0.29, 0.717) is 48.8 Å². The zero-order valence-corrected chi connectivity index (χ0v) is 18.6. The Labute approximate surface area is 191 Å². The first-order valence-corrected chi connectivity index (χ1v) is 10.9. The molecule has 2 aromatic carbocycles. The molecule has 0 unspecified atom stereocenters. The molecule has 0 bridgehead atoms. The van der Waals surface area contributed by atoms with Gasteiger partial charge in [-0.05, 0) is 37.1 Å². The highest BCUT2D eigenvalue weighted by atomic mass is 35.5. The fourth-order valence-corrected chi connectivity index (χ4v) is 4.08. The third kappa shape index (κ3) is 5.11. The Morgan fingerprint density at radius 2 is 1.94 bits per heavy atom. The van der Waals surface area contributed by atoms with Gasteiger partial charge in [0.25, 0.3) is 5.91 Å². The third-order valence-corrected chi connectivity index (χ3v) is 5.90. The number of piperidine rings is 1. The standard InChI is InChI=1S/C24H25ClN4O3/c1-32-22-8-3-2-5-17(22)14-23(30)29-11-9-19(10-12-29)26-24(31)21-15-20(27-28-21)16-6-4-7-18(25)13-16/h2-8,13,15,19H,9-12,14H2,1H3,(H,26,31)(H,27,28). The minimum absolute atomic E-state index is 0.00994. The van der Waals surface area contributed by atoms with Gasteiger partial charge in [-0.2, -0.15) is 5.10 Å². The molecule has 3 aromatic rings. The Morgan fingerprint density at radius 3 is 2.69 bits per heavy atom. The molecular formula is C24H25ClN4O3. The van der Waals surface area contributed by atoms with Gasteiger partial charge in [-0.15, -0.1) is 0 Å². The van der Waals surface area contributed by atoms with Crippen molar-refractivity contribution in [1.82, 2.24) is 20.4 Å². The molecule has 1 aliphatic heterocycles. The first-order valence-electron chi connectivity index (χ1n) is 10.6. The number of carbonyl (C=O) groups is 2. The average molecular weight is 453 g/mol. The van der Waals surface area contributed by atoms with E-state index in [4.69, 9.17) is 16.3 Å². The number of nitrogens with one attached hydrogen (secondary N) is 2. The number of ether oxygens (including phenoxy) is 1. The van der Waals surface area contributed by atoms with Crippen molar-refractivity contribution in [3.63, 3.8) is 0 Å². The Kier molecular flexibility index (Phi) is 6.75. The summed E-state index contributed by atoms with van der Waals surface area (Å²) < 4.78 is 5.34. The van der Waals surface area contributed by atoms with Gasteiger partial charge in [0.15, 0.2) is 0 Å². The van der Waals surface area contributed by atoms with Crippen LogP contribution in [0.15, 0.2) is 54.6 Å². The van der Waals surface area contributed by atoms with Gasteiger partial charge in [0.2, 0.25) is 5.91 Å². The maximum atomic E-state index is 12.7. The van der Waals surface area contributed by atoms with Gasteiger partial charge in [-0.3, -0.25) is 14.7 Å². The lowest BCUT2D eigenvalue weighted by molar-refractivity contribution is -0.131. The predicted octanol–water partition coefficient (Wildman–Crippen LogP) is 3.70. The van der Waals surface area contributed by atoms with Gasteiger partial charge >= 0.3 is 0 Å². The van der Waals surface area contributed by atoms with E-state index in [9.17, 15) is 9.59 Å². The molecule has 8 heteroatoms. The van der Waals surface area contributed by atoms with Crippen LogP contribution in [0.2, 0.25) is 5.02 Å². The summed E-state index contributed by atoms with van der Waals surface area (Å²) in [4.78, 5) is 27.2. The minimum atomic E-state index is -0.204. The highest BCUT2D eigenvalue weighted by molar-refractivity contribution is 6.30. The quantitative estimate of drug-likeness (QED) is 0.597. The van der Waals surface area contributed by atoms with Crippen molar-refractivity contribution in [3.05, 3.63) is 70.9 Å². The monoisotopic (exact) mass is 452 g/mol. The minimum Gasteiger partial charge on any atom is -0.496 e. The van der Waals surface area contributed by atoms with Crippen LogP contribution in [0.3, 0.4) is 0 Å². The number of benzene rings is 2. The lowest BCUT2D eigenvalue weighted by Crippen LogP contribution is -2.47. The summed E-state index contributed by atoms with van der Waals surface area (Å²) in [5.41, 5.74) is 2.78. The Morgan fingerprint density at radius 1 is 1.16 bits per heavy atom. The van der Waals surface area contributed by atoms with Crippen LogP contribution in [0.25, 0.3) is 11.3 Å². The van der Waals surface area contributed by atoms with Crippen LogP contribution in [0, 0.1) is 0 Å². The number of hydrogen-bond acceptors (Lipinski definition) is 4. The van der Waals surface area contributed by atoms with E-state index in [1.54, 1.807) is 25.3 Å². The molecule has 1 aliphatic rings. The molecule has 1 saturated heterocycles. The first-order chi connectivity index (χ1) is 15.5. The topological polar surface area (TPSA) is 87.3 Å². The van der Waals surface area contributed by atoms with E-state index < -0.39 is 0 Å². The summed E-state index contributed by atoms with van der Waals surface area (Å²) >= 11 is 6.04. The van der Waals surface area contributed by atoms with Crippen molar-refractivity contribution in [2.75, 3.05) is 20.2 Å². The van der Waals surface area contributed by atoms with Crippen molar-refractivity contribution < 1.29 is 14.3 Å². The normalized spacial score (nSPS) is 14.2. The smallest absolute Gasteiger partial charge is 0.269 e. The number of nitrogens with zero attached hydrogens (tertiary/aromatic N) is 2. The second-order valence-corrected chi connectivity index (χ2v) is 8.23. The molecule has 0 spiro atoms. The molecule has 166 valence electrons. The average Bonchev–Trinajstić information content (AvgIpc) is 3.30. The SMILES string of the molecule is COc1ccccc1CC(=O)N1CCC(NC(=O)c2cc(-c3cccc(Cl)c3)n[nH]2)CC1. The number of carbonyl (C=O) groups excluding carboxylic acids is 2. The maximum absolute atomic E-state index is 12.7. The van der Waals surface area contributed by atoms with Crippen LogP contribution in [0.5, 0.6) is 5.75 Å². The Bertz CT molecular complexity index is 1110. The van der Waals surface area contributed by atoms with Crippen molar-refractivity contribution in [2.24, 2.45) is 0 Å². The van der Waals surface area contributed by atoms with Crippen molar-refractivity contribution in [2.45, 2.75) is 25.3 Å². The van der Waals surface area contributed by atoms with E-state index in [0.717, 1.165) is 16.9 Å². The van der Waals surface area contributed by atoms with Crippen molar-refractivity contribution >= 4 is 23.4 Å². The van der Waals surface area contributed by atoms with E-state index in [1.807, 2.05) is 41.3 Å². The molecular weight excluding hydrogens is 428 g/mol. The Hall–Kier alpha value is -3.32.